The Morgan fingerprint density at radius 2 is 1.87 bits per heavy atom. The van der Waals surface area contributed by atoms with Gasteiger partial charge in [0.1, 0.15) is 17.2 Å². The molecule has 5 nitrogen and oxygen atoms in total. The van der Waals surface area contributed by atoms with Crippen LogP contribution in [0.25, 0.3) is 0 Å². The van der Waals surface area contributed by atoms with E-state index in [1.54, 1.807) is 14.2 Å². The van der Waals surface area contributed by atoms with Gasteiger partial charge in [0.15, 0.2) is 0 Å². The number of amides is 1. The third-order valence-electron chi connectivity index (χ3n) is 5.76. The Morgan fingerprint density at radius 3 is 2.63 bits per heavy atom. The number of benzene rings is 2. The molecule has 0 aromatic heterocycles. The number of likely N-dealkylation sites (tertiary alicyclic amines) is 1. The fraction of sp³-hybridized carbons (Fsp3) is 0.480. The molecule has 1 unspecified atom stereocenters. The van der Waals surface area contributed by atoms with Crippen molar-refractivity contribution in [3.05, 3.63) is 53.1 Å². The topological polar surface area (TPSA) is 48.0 Å². The zero-order chi connectivity index (χ0) is 21.5. The number of unbranched alkanes of at least 4 members (excludes halogenated alkanes) is 1. The molecule has 0 N–H and O–H groups in total. The molecule has 0 spiro atoms. The molecule has 30 heavy (non-hydrogen) atoms. The zero-order valence-corrected chi connectivity index (χ0v) is 18.6. The Kier molecular flexibility index (Phi) is 7.61. The molecular weight excluding hydrogens is 378 g/mol. The second-order valence-electron chi connectivity index (χ2n) is 7.93. The third kappa shape index (κ3) is 5.26. The van der Waals surface area contributed by atoms with Crippen molar-refractivity contribution in [2.45, 2.75) is 52.0 Å². The van der Waals surface area contributed by atoms with Crippen LogP contribution >= 0.6 is 0 Å². The third-order valence-corrected chi connectivity index (χ3v) is 5.76. The van der Waals surface area contributed by atoms with Gasteiger partial charge in [-0.1, -0.05) is 12.1 Å². The quantitative estimate of drug-likeness (QED) is 0.530. The van der Waals surface area contributed by atoms with Crippen LogP contribution in [0.3, 0.4) is 0 Å². The van der Waals surface area contributed by atoms with E-state index < -0.39 is 0 Å². The van der Waals surface area contributed by atoms with E-state index in [9.17, 15) is 4.79 Å². The number of carbonyl (C=O) groups is 1. The first kappa shape index (κ1) is 22.0. The van der Waals surface area contributed by atoms with E-state index in [1.165, 1.54) is 5.56 Å². The fourth-order valence-corrected chi connectivity index (χ4v) is 4.06. The first-order valence-electron chi connectivity index (χ1n) is 10.7. The summed E-state index contributed by atoms with van der Waals surface area (Å²) < 4.78 is 16.8. The average Bonchev–Trinajstić information content (AvgIpc) is 3.25. The summed E-state index contributed by atoms with van der Waals surface area (Å²) in [6.07, 6.45) is 4.18. The van der Waals surface area contributed by atoms with Crippen molar-refractivity contribution in [1.82, 2.24) is 4.90 Å². The van der Waals surface area contributed by atoms with Crippen LogP contribution in [0.1, 0.15) is 54.8 Å². The Balaban J connectivity index is 1.53. The highest BCUT2D eigenvalue weighted by molar-refractivity contribution is 5.77. The molecule has 0 saturated carbocycles. The highest BCUT2D eigenvalue weighted by atomic mass is 16.5. The van der Waals surface area contributed by atoms with E-state index >= 15 is 0 Å². The SMILES string of the molecule is COc1ccc(OC)c(C2CCCN2C(=O)CCCCOc2cc(C)ccc2C)c1. The maximum Gasteiger partial charge on any atom is 0.223 e. The summed E-state index contributed by atoms with van der Waals surface area (Å²) in [6.45, 7) is 5.54. The largest absolute Gasteiger partial charge is 0.497 e. The van der Waals surface area contributed by atoms with Crippen molar-refractivity contribution in [3.8, 4) is 17.2 Å². The minimum absolute atomic E-state index is 0.0498. The van der Waals surface area contributed by atoms with E-state index in [0.29, 0.717) is 13.0 Å². The number of carbonyl (C=O) groups excluding carboxylic acids is 1. The van der Waals surface area contributed by atoms with Crippen LogP contribution in [0.4, 0.5) is 0 Å². The van der Waals surface area contributed by atoms with Gasteiger partial charge in [0.2, 0.25) is 5.91 Å². The molecule has 1 saturated heterocycles. The standard InChI is InChI=1S/C25H33NO4/c1-18-10-11-19(2)24(16-18)30-15-6-5-9-25(27)26-14-7-8-22(26)21-17-20(28-3)12-13-23(21)29-4/h10-13,16-17,22H,5-9,14-15H2,1-4H3. The van der Waals surface area contributed by atoms with Gasteiger partial charge in [0.05, 0.1) is 26.9 Å². The first-order chi connectivity index (χ1) is 14.5. The number of nitrogens with zero attached hydrogens (tertiary/aromatic N) is 1. The van der Waals surface area contributed by atoms with E-state index in [0.717, 1.165) is 60.6 Å². The molecule has 1 aliphatic rings. The van der Waals surface area contributed by atoms with E-state index in [2.05, 4.69) is 32.0 Å². The molecule has 1 amide bonds. The average molecular weight is 412 g/mol. The lowest BCUT2D eigenvalue weighted by Crippen LogP contribution is -2.30. The Bertz CT molecular complexity index is 864. The van der Waals surface area contributed by atoms with Gasteiger partial charge >= 0.3 is 0 Å². The molecular formula is C25H33NO4. The highest BCUT2D eigenvalue weighted by Gasteiger charge is 2.31. The van der Waals surface area contributed by atoms with E-state index in [-0.39, 0.29) is 11.9 Å². The number of aryl methyl sites for hydroxylation is 2. The summed E-state index contributed by atoms with van der Waals surface area (Å²) >= 11 is 0. The predicted molar refractivity (Wildman–Crippen MR) is 118 cm³/mol. The van der Waals surface area contributed by atoms with Gasteiger partial charge in [-0.05, 0) is 74.9 Å². The van der Waals surface area contributed by atoms with Gasteiger partial charge in [-0.2, -0.15) is 0 Å². The molecule has 162 valence electrons. The van der Waals surface area contributed by atoms with E-state index in [4.69, 9.17) is 14.2 Å². The zero-order valence-electron chi connectivity index (χ0n) is 18.6. The number of hydrogen-bond donors (Lipinski definition) is 0. The predicted octanol–water partition coefficient (Wildman–Crippen LogP) is 5.23. The number of hydrogen-bond acceptors (Lipinski definition) is 4. The molecule has 5 heteroatoms. The van der Waals surface area contributed by atoms with Crippen molar-refractivity contribution in [2.75, 3.05) is 27.4 Å². The number of ether oxygens (including phenoxy) is 3. The van der Waals surface area contributed by atoms with Crippen LogP contribution in [-0.2, 0) is 4.79 Å². The van der Waals surface area contributed by atoms with Crippen LogP contribution in [0, 0.1) is 13.8 Å². The maximum absolute atomic E-state index is 12.9. The minimum atomic E-state index is 0.0498. The first-order valence-corrected chi connectivity index (χ1v) is 10.7. The molecule has 1 fully saturated rings. The molecule has 2 aromatic carbocycles. The summed E-state index contributed by atoms with van der Waals surface area (Å²) in [5.74, 6) is 2.73. The van der Waals surface area contributed by atoms with E-state index in [1.807, 2.05) is 23.1 Å². The smallest absolute Gasteiger partial charge is 0.223 e. The Labute approximate surface area is 179 Å². The molecule has 1 heterocycles. The minimum Gasteiger partial charge on any atom is -0.497 e. The molecule has 0 radical (unpaired) electrons. The molecule has 1 atom stereocenters. The van der Waals surface area contributed by atoms with Gasteiger partial charge in [-0.3, -0.25) is 4.79 Å². The van der Waals surface area contributed by atoms with Gasteiger partial charge in [0, 0.05) is 18.5 Å². The van der Waals surface area contributed by atoms with Crippen molar-refractivity contribution in [3.63, 3.8) is 0 Å². The molecule has 0 bridgehead atoms. The van der Waals surface area contributed by atoms with Crippen molar-refractivity contribution in [1.29, 1.82) is 0 Å². The molecule has 2 aromatic rings. The van der Waals surface area contributed by atoms with Crippen LogP contribution in [0.15, 0.2) is 36.4 Å². The summed E-state index contributed by atoms with van der Waals surface area (Å²) in [5, 5.41) is 0. The second-order valence-corrected chi connectivity index (χ2v) is 7.93. The van der Waals surface area contributed by atoms with Crippen LogP contribution in [0.5, 0.6) is 17.2 Å². The number of rotatable bonds is 9. The molecule has 3 rings (SSSR count). The van der Waals surface area contributed by atoms with Crippen LogP contribution in [0.2, 0.25) is 0 Å². The summed E-state index contributed by atoms with van der Waals surface area (Å²) in [5.41, 5.74) is 3.36. The summed E-state index contributed by atoms with van der Waals surface area (Å²) in [6, 6.07) is 12.1. The number of methoxy groups -OCH3 is 2. The van der Waals surface area contributed by atoms with Crippen LogP contribution in [-0.4, -0.2) is 38.2 Å². The molecule has 1 aliphatic heterocycles. The van der Waals surface area contributed by atoms with Gasteiger partial charge in [0.25, 0.3) is 0 Å². The second kappa shape index (κ2) is 10.4. The summed E-state index contributed by atoms with van der Waals surface area (Å²) in [7, 11) is 3.33. The van der Waals surface area contributed by atoms with Gasteiger partial charge < -0.3 is 19.1 Å². The maximum atomic E-state index is 12.9. The normalized spacial score (nSPS) is 15.9. The lowest BCUT2D eigenvalue weighted by Gasteiger charge is -2.27. The van der Waals surface area contributed by atoms with Crippen molar-refractivity contribution >= 4 is 5.91 Å². The Hall–Kier alpha value is -2.69. The lowest BCUT2D eigenvalue weighted by atomic mass is 10.0. The Morgan fingerprint density at radius 1 is 1.03 bits per heavy atom. The lowest BCUT2D eigenvalue weighted by molar-refractivity contribution is -0.132. The van der Waals surface area contributed by atoms with Gasteiger partial charge in [-0.15, -0.1) is 0 Å². The highest BCUT2D eigenvalue weighted by Crippen LogP contribution is 2.39. The molecule has 0 aliphatic carbocycles. The summed E-state index contributed by atoms with van der Waals surface area (Å²) in [4.78, 5) is 14.9. The van der Waals surface area contributed by atoms with Crippen molar-refractivity contribution in [2.24, 2.45) is 0 Å². The van der Waals surface area contributed by atoms with Crippen molar-refractivity contribution < 1.29 is 19.0 Å². The van der Waals surface area contributed by atoms with Crippen LogP contribution < -0.4 is 14.2 Å². The fourth-order valence-electron chi connectivity index (χ4n) is 4.06. The monoisotopic (exact) mass is 411 g/mol. The van der Waals surface area contributed by atoms with Gasteiger partial charge in [-0.25, -0.2) is 0 Å².